The number of carbonyl (C=O) groups is 1. The maximum atomic E-state index is 12.6. The Labute approximate surface area is 167 Å². The van der Waals surface area contributed by atoms with Crippen LogP contribution in [0.4, 0.5) is 4.79 Å². The number of H-pyrrole nitrogens is 1. The number of nitrogens with zero attached hydrogens (tertiary/aromatic N) is 1. The van der Waals surface area contributed by atoms with Gasteiger partial charge in [-0.25, -0.2) is 4.79 Å². The normalized spacial score (nSPS) is 21.4. The summed E-state index contributed by atoms with van der Waals surface area (Å²) in [6.07, 6.45) is 7.89. The first-order valence-electron chi connectivity index (χ1n) is 9.99. The molecule has 2 fully saturated rings. The van der Waals surface area contributed by atoms with E-state index >= 15 is 0 Å². The molecule has 148 valence electrons. The molecule has 1 aromatic carbocycles. The Kier molecular flexibility index (Phi) is 6.33. The van der Waals surface area contributed by atoms with Crippen LogP contribution in [0.15, 0.2) is 30.5 Å². The summed E-state index contributed by atoms with van der Waals surface area (Å²) in [4.78, 5) is 18.0. The molecule has 6 heteroatoms. The van der Waals surface area contributed by atoms with Gasteiger partial charge in [-0.2, -0.15) is 0 Å². The van der Waals surface area contributed by atoms with E-state index in [9.17, 15) is 4.79 Å². The van der Waals surface area contributed by atoms with Crippen molar-refractivity contribution in [2.75, 3.05) is 19.6 Å². The lowest BCUT2D eigenvalue weighted by molar-refractivity contribution is 0.00538. The van der Waals surface area contributed by atoms with E-state index in [-0.39, 0.29) is 30.1 Å². The van der Waals surface area contributed by atoms with Gasteiger partial charge in [0.1, 0.15) is 5.60 Å². The van der Waals surface area contributed by atoms with E-state index in [2.05, 4.69) is 47.7 Å². The second-order valence-corrected chi connectivity index (χ2v) is 7.64. The minimum Gasteiger partial charge on any atom is -0.440 e. The Morgan fingerprint density at radius 2 is 2.04 bits per heavy atom. The number of carbonyl (C=O) groups excluding carboxylic acids is 1. The molecule has 27 heavy (non-hydrogen) atoms. The number of benzene rings is 1. The summed E-state index contributed by atoms with van der Waals surface area (Å²) in [6.45, 7) is 4.84. The van der Waals surface area contributed by atoms with Gasteiger partial charge in [-0.15, -0.1) is 12.4 Å². The molecular weight excluding hydrogens is 362 g/mol. The molecule has 0 aliphatic carbocycles. The van der Waals surface area contributed by atoms with E-state index in [1.807, 2.05) is 4.90 Å². The van der Waals surface area contributed by atoms with E-state index in [0.717, 1.165) is 58.2 Å². The van der Waals surface area contributed by atoms with Gasteiger partial charge in [-0.05, 0) is 44.0 Å². The lowest BCUT2D eigenvalue weighted by Crippen LogP contribution is -2.51. The zero-order valence-corrected chi connectivity index (χ0v) is 16.8. The molecule has 2 aromatic rings. The van der Waals surface area contributed by atoms with Crippen LogP contribution in [0.5, 0.6) is 0 Å². The highest BCUT2D eigenvalue weighted by atomic mass is 35.5. The van der Waals surface area contributed by atoms with Gasteiger partial charge in [0, 0.05) is 36.5 Å². The number of fused-ring (bicyclic) bond motifs is 1. The van der Waals surface area contributed by atoms with Gasteiger partial charge in [0.2, 0.25) is 0 Å². The summed E-state index contributed by atoms with van der Waals surface area (Å²) < 4.78 is 6.01. The fourth-order valence-corrected chi connectivity index (χ4v) is 4.62. The van der Waals surface area contributed by atoms with E-state index < -0.39 is 0 Å². The van der Waals surface area contributed by atoms with Crippen LogP contribution in [0.2, 0.25) is 0 Å². The highest BCUT2D eigenvalue weighted by molar-refractivity contribution is 5.85. The van der Waals surface area contributed by atoms with Gasteiger partial charge in [0.05, 0.1) is 6.04 Å². The second-order valence-electron chi connectivity index (χ2n) is 7.64. The van der Waals surface area contributed by atoms with Crippen LogP contribution in [0, 0.1) is 0 Å². The third-order valence-electron chi connectivity index (χ3n) is 6.07. The minimum atomic E-state index is -0.303. The van der Waals surface area contributed by atoms with Crippen molar-refractivity contribution in [2.45, 2.75) is 57.1 Å². The highest BCUT2D eigenvalue weighted by Gasteiger charge is 2.53. The summed E-state index contributed by atoms with van der Waals surface area (Å²) in [5.41, 5.74) is 2.21. The molecule has 0 bridgehead atoms. The lowest BCUT2D eigenvalue weighted by Gasteiger charge is -2.38. The van der Waals surface area contributed by atoms with Gasteiger partial charge in [0.15, 0.2) is 0 Å². The third kappa shape index (κ3) is 3.81. The molecular formula is C21H30ClN3O2. The monoisotopic (exact) mass is 391 g/mol. The highest BCUT2D eigenvalue weighted by Crippen LogP contribution is 2.39. The quantitative estimate of drug-likeness (QED) is 0.773. The maximum absolute atomic E-state index is 12.6. The van der Waals surface area contributed by atoms with Crippen LogP contribution in [0.1, 0.15) is 44.6 Å². The Hall–Kier alpha value is -1.72. The smallest absolute Gasteiger partial charge is 0.410 e. The summed E-state index contributed by atoms with van der Waals surface area (Å²) >= 11 is 0. The van der Waals surface area contributed by atoms with Crippen molar-refractivity contribution < 1.29 is 9.53 Å². The summed E-state index contributed by atoms with van der Waals surface area (Å²) in [5.74, 6) is 0. The van der Waals surface area contributed by atoms with Gasteiger partial charge in [-0.3, -0.25) is 0 Å². The largest absolute Gasteiger partial charge is 0.440 e. The maximum Gasteiger partial charge on any atom is 0.410 e. The van der Waals surface area contributed by atoms with E-state index in [0.29, 0.717) is 0 Å². The number of ether oxygens (including phenoxy) is 1. The molecule has 1 spiro atoms. The Morgan fingerprint density at radius 1 is 1.26 bits per heavy atom. The molecule has 4 rings (SSSR count). The molecule has 1 unspecified atom stereocenters. The van der Waals surface area contributed by atoms with Crippen LogP contribution in [0.25, 0.3) is 10.9 Å². The van der Waals surface area contributed by atoms with Crippen LogP contribution in [0.3, 0.4) is 0 Å². The molecule has 2 N–H and O–H groups in total. The number of unbranched alkanes of at least 4 members (excludes halogenated alkanes) is 1. The molecule has 1 amide bonds. The number of hydrogen-bond acceptors (Lipinski definition) is 3. The number of aromatic nitrogens is 1. The van der Waals surface area contributed by atoms with Crippen molar-refractivity contribution in [3.8, 4) is 0 Å². The Bertz CT molecular complexity index is 770. The minimum absolute atomic E-state index is 0. The predicted octanol–water partition coefficient (Wildman–Crippen LogP) is 4.27. The summed E-state index contributed by atoms with van der Waals surface area (Å²) in [7, 11) is 0. The first-order valence-corrected chi connectivity index (χ1v) is 9.99. The van der Waals surface area contributed by atoms with Crippen LogP contribution in [-0.2, 0) is 11.2 Å². The molecule has 1 aromatic heterocycles. The zero-order chi connectivity index (χ0) is 18.0. The molecule has 2 aliphatic heterocycles. The van der Waals surface area contributed by atoms with Crippen LogP contribution < -0.4 is 5.32 Å². The molecule has 1 atom stereocenters. The van der Waals surface area contributed by atoms with Gasteiger partial charge >= 0.3 is 6.09 Å². The number of amides is 1. The Morgan fingerprint density at radius 3 is 2.81 bits per heavy atom. The van der Waals surface area contributed by atoms with Crippen molar-refractivity contribution >= 4 is 29.4 Å². The average molecular weight is 392 g/mol. The topological polar surface area (TPSA) is 57.4 Å². The number of hydrogen-bond donors (Lipinski definition) is 2. The number of para-hydroxylation sites is 1. The van der Waals surface area contributed by atoms with Crippen molar-refractivity contribution in [1.29, 1.82) is 0 Å². The predicted molar refractivity (Wildman–Crippen MR) is 111 cm³/mol. The van der Waals surface area contributed by atoms with Crippen molar-refractivity contribution in [3.05, 3.63) is 36.0 Å². The lowest BCUT2D eigenvalue weighted by atomic mass is 9.82. The number of nitrogens with one attached hydrogen (secondary N) is 2. The second kappa shape index (κ2) is 8.53. The standard InChI is InChI=1S/C21H29N3O2.ClH/c1-2-3-14-24-19(21(26-20(24)25)10-12-22-13-11-21)9-8-16-15-23-18-7-5-4-6-17(16)18;/h4-7,15,19,22-23H,2-3,8-14H2,1H3;1H. The number of aryl methyl sites for hydroxylation is 1. The number of halogens is 1. The van der Waals surface area contributed by atoms with Gasteiger partial charge in [0.25, 0.3) is 0 Å². The fourth-order valence-electron chi connectivity index (χ4n) is 4.62. The first kappa shape index (κ1) is 20.0. The fraction of sp³-hybridized carbons (Fsp3) is 0.571. The average Bonchev–Trinajstić information content (AvgIpc) is 3.18. The van der Waals surface area contributed by atoms with Crippen molar-refractivity contribution in [2.24, 2.45) is 0 Å². The molecule has 0 saturated carbocycles. The number of aromatic amines is 1. The number of piperidine rings is 1. The molecule has 2 saturated heterocycles. The van der Waals surface area contributed by atoms with E-state index in [4.69, 9.17) is 4.74 Å². The summed E-state index contributed by atoms with van der Waals surface area (Å²) in [5, 5.41) is 4.70. The van der Waals surface area contributed by atoms with Crippen molar-refractivity contribution in [1.82, 2.24) is 15.2 Å². The van der Waals surface area contributed by atoms with E-state index in [1.165, 1.54) is 16.5 Å². The zero-order valence-electron chi connectivity index (χ0n) is 16.0. The molecule has 0 radical (unpaired) electrons. The van der Waals surface area contributed by atoms with E-state index in [1.54, 1.807) is 0 Å². The van der Waals surface area contributed by atoms with Gasteiger partial charge < -0.3 is 19.9 Å². The Balaban J connectivity index is 0.00000210. The molecule has 5 nitrogen and oxygen atoms in total. The van der Waals surface area contributed by atoms with Crippen LogP contribution in [-0.4, -0.2) is 47.3 Å². The first-order chi connectivity index (χ1) is 12.7. The summed E-state index contributed by atoms with van der Waals surface area (Å²) in [6, 6.07) is 8.61. The third-order valence-corrected chi connectivity index (χ3v) is 6.07. The molecule has 3 heterocycles. The number of rotatable bonds is 6. The van der Waals surface area contributed by atoms with Crippen molar-refractivity contribution in [3.63, 3.8) is 0 Å². The van der Waals surface area contributed by atoms with Gasteiger partial charge in [-0.1, -0.05) is 31.5 Å². The van der Waals surface area contributed by atoms with Crippen LogP contribution >= 0.6 is 12.4 Å². The SMILES string of the molecule is CCCCN1C(=O)OC2(CCNCC2)C1CCc1c[nH]c2ccccc12.Cl. The molecule has 2 aliphatic rings.